The third kappa shape index (κ3) is 2.40. The number of nitrogens with zero attached hydrogens (tertiary/aromatic N) is 2. The number of nitrogen functional groups attached to an aromatic ring is 1. The number of pyridine rings is 1. The molecule has 5 heteroatoms. The van der Waals surface area contributed by atoms with Crippen LogP contribution >= 0.6 is 0 Å². The minimum absolute atomic E-state index is 0.234. The molecule has 0 atom stereocenters. The Hall–Kier alpha value is -2.17. The van der Waals surface area contributed by atoms with E-state index in [4.69, 9.17) is 5.73 Å². The minimum atomic E-state index is -0.844. The number of benzene rings is 1. The molecule has 0 fully saturated rings. The van der Waals surface area contributed by atoms with E-state index in [1.807, 2.05) is 0 Å². The van der Waals surface area contributed by atoms with Crippen molar-refractivity contribution in [3.8, 4) is 0 Å². The van der Waals surface area contributed by atoms with Crippen molar-refractivity contribution in [2.75, 3.05) is 17.7 Å². The van der Waals surface area contributed by atoms with E-state index in [1.54, 1.807) is 30.3 Å². The molecule has 94 valence electrons. The van der Waals surface area contributed by atoms with E-state index in [-0.39, 0.29) is 12.1 Å². The van der Waals surface area contributed by atoms with Gasteiger partial charge in [-0.3, -0.25) is 4.98 Å². The molecule has 0 radical (unpaired) electrons. The van der Waals surface area contributed by atoms with E-state index in [2.05, 4.69) is 4.98 Å². The predicted octanol–water partition coefficient (Wildman–Crippen LogP) is 2.58. The lowest BCUT2D eigenvalue weighted by Crippen LogP contribution is -2.19. The maximum atomic E-state index is 13.5. The molecule has 0 saturated heterocycles. The Morgan fingerprint density at radius 1 is 1.28 bits per heavy atom. The molecule has 3 nitrogen and oxygen atoms in total. The number of hydrogen-bond donors (Lipinski definition) is 1. The Labute approximate surface area is 104 Å². The Morgan fingerprint density at radius 3 is 2.78 bits per heavy atom. The zero-order valence-electron chi connectivity index (χ0n) is 9.90. The molecule has 18 heavy (non-hydrogen) atoms. The van der Waals surface area contributed by atoms with Gasteiger partial charge in [-0.15, -0.1) is 0 Å². The highest BCUT2D eigenvalue weighted by Gasteiger charge is 2.11. The summed E-state index contributed by atoms with van der Waals surface area (Å²) in [5.74, 6) is -1.67. The second-order valence-electron chi connectivity index (χ2n) is 4.00. The standard InChI is InChI=1S/C13H13F2N3/c1-18(12-5-6-17-7-11(12)16)8-9-3-2-4-10(14)13(9)15/h2-7H,8,16H2,1H3. The van der Waals surface area contributed by atoms with Crippen LogP contribution in [0, 0.1) is 11.6 Å². The molecular weight excluding hydrogens is 236 g/mol. The van der Waals surface area contributed by atoms with Crippen LogP contribution in [-0.4, -0.2) is 12.0 Å². The number of rotatable bonds is 3. The van der Waals surface area contributed by atoms with E-state index in [9.17, 15) is 8.78 Å². The van der Waals surface area contributed by atoms with E-state index >= 15 is 0 Å². The first-order chi connectivity index (χ1) is 8.59. The van der Waals surface area contributed by atoms with Gasteiger partial charge in [-0.2, -0.15) is 0 Å². The van der Waals surface area contributed by atoms with Crippen LogP contribution in [0.2, 0.25) is 0 Å². The van der Waals surface area contributed by atoms with Crippen LogP contribution in [0.4, 0.5) is 20.2 Å². The number of hydrogen-bond acceptors (Lipinski definition) is 3. The van der Waals surface area contributed by atoms with Gasteiger partial charge in [0, 0.05) is 25.4 Å². The average Bonchev–Trinajstić information content (AvgIpc) is 2.35. The van der Waals surface area contributed by atoms with Crippen molar-refractivity contribution in [1.29, 1.82) is 0 Å². The van der Waals surface area contributed by atoms with Crippen LogP contribution in [-0.2, 0) is 6.54 Å². The summed E-state index contributed by atoms with van der Waals surface area (Å²) in [7, 11) is 1.76. The fraction of sp³-hybridized carbons (Fsp3) is 0.154. The fourth-order valence-electron chi connectivity index (χ4n) is 1.76. The largest absolute Gasteiger partial charge is 0.396 e. The summed E-state index contributed by atoms with van der Waals surface area (Å²) in [6.45, 7) is 0.234. The maximum absolute atomic E-state index is 13.5. The fourth-order valence-corrected chi connectivity index (χ4v) is 1.76. The molecule has 0 unspecified atom stereocenters. The van der Waals surface area contributed by atoms with Crippen LogP contribution in [0.25, 0.3) is 0 Å². The van der Waals surface area contributed by atoms with Crippen molar-refractivity contribution < 1.29 is 8.78 Å². The SMILES string of the molecule is CN(Cc1cccc(F)c1F)c1ccncc1N. The molecule has 1 heterocycles. The average molecular weight is 249 g/mol. The second-order valence-corrected chi connectivity index (χ2v) is 4.00. The zero-order chi connectivity index (χ0) is 13.1. The first-order valence-electron chi connectivity index (χ1n) is 5.43. The summed E-state index contributed by atoms with van der Waals surface area (Å²) in [5.41, 5.74) is 7.28. The summed E-state index contributed by atoms with van der Waals surface area (Å²) in [6.07, 6.45) is 3.12. The van der Waals surface area contributed by atoms with E-state index in [1.165, 1.54) is 12.3 Å². The molecule has 0 spiro atoms. The number of anilines is 2. The molecule has 0 bridgehead atoms. The van der Waals surface area contributed by atoms with Gasteiger partial charge in [0.2, 0.25) is 0 Å². The predicted molar refractivity (Wildman–Crippen MR) is 67.1 cm³/mol. The van der Waals surface area contributed by atoms with Gasteiger partial charge in [0.05, 0.1) is 17.6 Å². The van der Waals surface area contributed by atoms with Gasteiger partial charge < -0.3 is 10.6 Å². The zero-order valence-corrected chi connectivity index (χ0v) is 9.90. The molecule has 0 aliphatic heterocycles. The van der Waals surface area contributed by atoms with E-state index in [0.29, 0.717) is 5.69 Å². The Morgan fingerprint density at radius 2 is 2.06 bits per heavy atom. The minimum Gasteiger partial charge on any atom is -0.396 e. The molecule has 0 aliphatic rings. The highest BCUT2D eigenvalue weighted by molar-refractivity contribution is 5.65. The van der Waals surface area contributed by atoms with Gasteiger partial charge in [-0.25, -0.2) is 8.78 Å². The molecule has 1 aromatic carbocycles. The van der Waals surface area contributed by atoms with Crippen LogP contribution in [0.3, 0.4) is 0 Å². The molecule has 0 saturated carbocycles. The summed E-state index contributed by atoms with van der Waals surface area (Å²) < 4.78 is 26.6. The van der Waals surface area contributed by atoms with Crippen molar-refractivity contribution >= 4 is 11.4 Å². The lowest BCUT2D eigenvalue weighted by molar-refractivity contribution is 0.498. The lowest BCUT2D eigenvalue weighted by Gasteiger charge is -2.21. The first-order valence-corrected chi connectivity index (χ1v) is 5.43. The first kappa shape index (κ1) is 12.3. The summed E-state index contributed by atoms with van der Waals surface area (Å²) >= 11 is 0. The molecular formula is C13H13F2N3. The van der Waals surface area contributed by atoms with Crippen molar-refractivity contribution in [3.05, 3.63) is 53.9 Å². The summed E-state index contributed by atoms with van der Waals surface area (Å²) in [4.78, 5) is 5.63. The lowest BCUT2D eigenvalue weighted by atomic mass is 10.2. The van der Waals surface area contributed by atoms with Gasteiger partial charge >= 0.3 is 0 Å². The highest BCUT2D eigenvalue weighted by atomic mass is 19.2. The molecule has 0 amide bonds. The van der Waals surface area contributed by atoms with Crippen molar-refractivity contribution in [3.63, 3.8) is 0 Å². The highest BCUT2D eigenvalue weighted by Crippen LogP contribution is 2.22. The third-order valence-electron chi connectivity index (χ3n) is 2.68. The van der Waals surface area contributed by atoms with Crippen LogP contribution < -0.4 is 10.6 Å². The third-order valence-corrected chi connectivity index (χ3v) is 2.68. The quantitative estimate of drug-likeness (QED) is 0.909. The summed E-state index contributed by atoms with van der Waals surface area (Å²) in [6, 6.07) is 5.86. The molecule has 1 aromatic heterocycles. The van der Waals surface area contributed by atoms with E-state index < -0.39 is 11.6 Å². The van der Waals surface area contributed by atoms with E-state index in [0.717, 1.165) is 11.8 Å². The molecule has 2 N–H and O–H groups in total. The van der Waals surface area contributed by atoms with Gasteiger partial charge in [-0.05, 0) is 12.1 Å². The van der Waals surface area contributed by atoms with Gasteiger partial charge in [0.25, 0.3) is 0 Å². The monoisotopic (exact) mass is 249 g/mol. The van der Waals surface area contributed by atoms with Gasteiger partial charge in [0.1, 0.15) is 0 Å². The van der Waals surface area contributed by atoms with Crippen LogP contribution in [0.1, 0.15) is 5.56 Å². The van der Waals surface area contributed by atoms with Crippen molar-refractivity contribution in [2.24, 2.45) is 0 Å². The Kier molecular flexibility index (Phi) is 3.41. The smallest absolute Gasteiger partial charge is 0.163 e. The maximum Gasteiger partial charge on any atom is 0.163 e. The number of halogens is 2. The van der Waals surface area contributed by atoms with Crippen molar-refractivity contribution in [2.45, 2.75) is 6.54 Å². The number of nitrogens with two attached hydrogens (primary N) is 1. The second kappa shape index (κ2) is 5.00. The normalized spacial score (nSPS) is 10.4. The summed E-state index contributed by atoms with van der Waals surface area (Å²) in [5, 5.41) is 0. The Balaban J connectivity index is 2.24. The molecule has 2 rings (SSSR count). The van der Waals surface area contributed by atoms with Crippen LogP contribution in [0.15, 0.2) is 36.7 Å². The van der Waals surface area contributed by atoms with Crippen LogP contribution in [0.5, 0.6) is 0 Å². The van der Waals surface area contributed by atoms with Gasteiger partial charge in [0.15, 0.2) is 11.6 Å². The Bertz CT molecular complexity index is 558. The number of aromatic nitrogens is 1. The van der Waals surface area contributed by atoms with Crippen molar-refractivity contribution in [1.82, 2.24) is 4.98 Å². The molecule has 0 aliphatic carbocycles. The molecule has 2 aromatic rings. The topological polar surface area (TPSA) is 42.2 Å². The van der Waals surface area contributed by atoms with Gasteiger partial charge in [-0.1, -0.05) is 12.1 Å².